The highest BCUT2D eigenvalue weighted by Gasteiger charge is 2.36. The lowest BCUT2D eigenvalue weighted by atomic mass is 9.94. The summed E-state index contributed by atoms with van der Waals surface area (Å²) in [5.41, 5.74) is 4.24. The Morgan fingerprint density at radius 1 is 1.00 bits per heavy atom. The van der Waals surface area contributed by atoms with E-state index in [4.69, 9.17) is 4.42 Å². The van der Waals surface area contributed by atoms with Crippen LogP contribution in [0.1, 0.15) is 42.9 Å². The molecule has 2 saturated heterocycles. The highest BCUT2D eigenvalue weighted by Crippen LogP contribution is 2.35. The smallest absolute Gasteiger partial charge is 0.298 e. The van der Waals surface area contributed by atoms with Gasteiger partial charge in [-0.1, -0.05) is 42.0 Å². The van der Waals surface area contributed by atoms with E-state index in [-0.39, 0.29) is 12.0 Å². The van der Waals surface area contributed by atoms with E-state index in [1.165, 1.54) is 11.1 Å². The minimum absolute atomic E-state index is 0.0988. The van der Waals surface area contributed by atoms with Crippen LogP contribution in [-0.2, 0) is 4.79 Å². The van der Waals surface area contributed by atoms with Crippen molar-refractivity contribution in [2.24, 2.45) is 5.92 Å². The summed E-state index contributed by atoms with van der Waals surface area (Å²) in [6, 6.07) is 17.4. The average Bonchev–Trinajstić information content (AvgIpc) is 3.41. The van der Waals surface area contributed by atoms with Crippen LogP contribution in [0.15, 0.2) is 52.9 Å². The maximum atomic E-state index is 13.3. The summed E-state index contributed by atoms with van der Waals surface area (Å²) in [5, 5.41) is 0. The number of hydrogen-bond acceptors (Lipinski definition) is 4. The van der Waals surface area contributed by atoms with Crippen molar-refractivity contribution in [1.29, 1.82) is 0 Å². The average molecular weight is 389 g/mol. The number of anilines is 1. The first-order valence-corrected chi connectivity index (χ1v) is 10.7. The number of hydrogen-bond donors (Lipinski definition) is 0. The molecular formula is C24H27N3O2. The van der Waals surface area contributed by atoms with Crippen molar-refractivity contribution in [2.75, 3.05) is 24.5 Å². The van der Waals surface area contributed by atoms with Crippen molar-refractivity contribution in [3.05, 3.63) is 59.7 Å². The molecule has 1 amide bonds. The van der Waals surface area contributed by atoms with Gasteiger partial charge in [0.05, 0.1) is 6.04 Å². The standard InChI is InChI=1S/C24H27N3O2/c1-17-8-10-18(11-9-17)21-6-4-14-27(21)23(28)19-12-15-26(16-13-19)24-25-20-5-2-3-7-22(20)29-24/h2-3,5,7-11,19,21H,4,6,12-16H2,1H3. The maximum Gasteiger partial charge on any atom is 0.298 e. The summed E-state index contributed by atoms with van der Waals surface area (Å²) in [4.78, 5) is 22.2. The molecule has 3 heterocycles. The summed E-state index contributed by atoms with van der Waals surface area (Å²) in [6.07, 6.45) is 3.87. The molecule has 2 aromatic carbocycles. The van der Waals surface area contributed by atoms with E-state index in [9.17, 15) is 4.79 Å². The molecule has 3 aromatic rings. The molecule has 0 N–H and O–H groups in total. The van der Waals surface area contributed by atoms with Crippen LogP contribution in [0.2, 0.25) is 0 Å². The molecule has 2 aliphatic rings. The Balaban J connectivity index is 1.25. The Hall–Kier alpha value is -2.82. The third kappa shape index (κ3) is 3.50. The van der Waals surface area contributed by atoms with Gasteiger partial charge in [0.25, 0.3) is 6.01 Å². The number of benzene rings is 2. The summed E-state index contributed by atoms with van der Waals surface area (Å²) >= 11 is 0. The number of likely N-dealkylation sites (tertiary alicyclic amines) is 1. The van der Waals surface area contributed by atoms with Gasteiger partial charge in [0.2, 0.25) is 5.91 Å². The van der Waals surface area contributed by atoms with E-state index >= 15 is 0 Å². The van der Waals surface area contributed by atoms with Gasteiger partial charge in [-0.2, -0.15) is 4.98 Å². The number of piperidine rings is 1. The van der Waals surface area contributed by atoms with Crippen LogP contribution in [0.3, 0.4) is 0 Å². The fourth-order valence-electron chi connectivity index (χ4n) is 4.71. The molecule has 1 atom stereocenters. The zero-order valence-electron chi connectivity index (χ0n) is 16.9. The monoisotopic (exact) mass is 389 g/mol. The lowest BCUT2D eigenvalue weighted by Gasteiger charge is -2.34. The second kappa shape index (κ2) is 7.54. The van der Waals surface area contributed by atoms with Gasteiger partial charge in [0, 0.05) is 25.6 Å². The quantitative estimate of drug-likeness (QED) is 0.651. The number of amides is 1. The van der Waals surface area contributed by atoms with E-state index < -0.39 is 0 Å². The van der Waals surface area contributed by atoms with Gasteiger partial charge in [-0.05, 0) is 50.3 Å². The molecule has 5 heteroatoms. The molecule has 2 fully saturated rings. The van der Waals surface area contributed by atoms with E-state index in [2.05, 4.69) is 46.0 Å². The minimum atomic E-state index is 0.0988. The number of rotatable bonds is 3. The highest BCUT2D eigenvalue weighted by molar-refractivity contribution is 5.80. The van der Waals surface area contributed by atoms with Crippen molar-refractivity contribution in [1.82, 2.24) is 9.88 Å². The first kappa shape index (κ1) is 18.2. The summed E-state index contributed by atoms with van der Waals surface area (Å²) in [6.45, 7) is 4.60. The lowest BCUT2D eigenvalue weighted by Crippen LogP contribution is -2.42. The van der Waals surface area contributed by atoms with Crippen LogP contribution in [0.4, 0.5) is 6.01 Å². The van der Waals surface area contributed by atoms with Gasteiger partial charge in [-0.25, -0.2) is 0 Å². The van der Waals surface area contributed by atoms with E-state index in [1.807, 2.05) is 24.3 Å². The number of nitrogens with zero attached hydrogens (tertiary/aromatic N) is 3. The second-order valence-corrected chi connectivity index (χ2v) is 8.33. The number of fused-ring (bicyclic) bond motifs is 1. The molecule has 5 nitrogen and oxygen atoms in total. The predicted octanol–water partition coefficient (Wildman–Crippen LogP) is 4.72. The number of carbonyl (C=O) groups is 1. The SMILES string of the molecule is Cc1ccc(C2CCCN2C(=O)C2CCN(c3nc4ccccc4o3)CC2)cc1. The minimum Gasteiger partial charge on any atom is -0.423 e. The Labute approximate surface area is 171 Å². The van der Waals surface area contributed by atoms with Crippen molar-refractivity contribution in [2.45, 2.75) is 38.6 Å². The van der Waals surface area contributed by atoms with Crippen molar-refractivity contribution >= 4 is 23.0 Å². The van der Waals surface area contributed by atoms with E-state index in [0.717, 1.165) is 56.4 Å². The fraction of sp³-hybridized carbons (Fsp3) is 0.417. The van der Waals surface area contributed by atoms with E-state index in [0.29, 0.717) is 11.9 Å². The van der Waals surface area contributed by atoms with Crippen LogP contribution in [-0.4, -0.2) is 35.4 Å². The van der Waals surface area contributed by atoms with E-state index in [1.54, 1.807) is 0 Å². The third-order valence-electron chi connectivity index (χ3n) is 6.40. The van der Waals surface area contributed by atoms with Gasteiger partial charge in [0.1, 0.15) is 5.52 Å². The first-order valence-electron chi connectivity index (χ1n) is 10.7. The first-order chi connectivity index (χ1) is 14.2. The van der Waals surface area contributed by atoms with Crippen LogP contribution in [0, 0.1) is 12.8 Å². The lowest BCUT2D eigenvalue weighted by molar-refractivity contribution is -0.137. The molecule has 150 valence electrons. The molecule has 0 aliphatic carbocycles. The number of carbonyl (C=O) groups excluding carboxylic acids is 1. The second-order valence-electron chi connectivity index (χ2n) is 8.33. The van der Waals surface area contributed by atoms with Gasteiger partial charge >= 0.3 is 0 Å². The maximum absolute atomic E-state index is 13.3. The van der Waals surface area contributed by atoms with Crippen molar-refractivity contribution < 1.29 is 9.21 Å². The molecule has 0 spiro atoms. The van der Waals surface area contributed by atoms with Gasteiger partial charge in [-0.15, -0.1) is 0 Å². The molecule has 1 aromatic heterocycles. The zero-order valence-corrected chi connectivity index (χ0v) is 16.9. The largest absolute Gasteiger partial charge is 0.423 e. The molecule has 5 rings (SSSR count). The Morgan fingerprint density at radius 2 is 1.76 bits per heavy atom. The zero-order chi connectivity index (χ0) is 19.8. The van der Waals surface area contributed by atoms with Crippen LogP contribution >= 0.6 is 0 Å². The third-order valence-corrected chi connectivity index (χ3v) is 6.40. The molecule has 1 unspecified atom stereocenters. The predicted molar refractivity (Wildman–Crippen MR) is 114 cm³/mol. The summed E-state index contributed by atoms with van der Waals surface area (Å²) in [5.74, 6) is 0.423. The van der Waals surface area contributed by atoms with Crippen molar-refractivity contribution in [3.8, 4) is 0 Å². The molecule has 29 heavy (non-hydrogen) atoms. The molecule has 0 bridgehead atoms. The summed E-state index contributed by atoms with van der Waals surface area (Å²) < 4.78 is 5.91. The Bertz CT molecular complexity index is 969. The van der Waals surface area contributed by atoms with Crippen LogP contribution in [0.5, 0.6) is 0 Å². The molecular weight excluding hydrogens is 362 g/mol. The normalized spacial score (nSPS) is 20.5. The highest BCUT2D eigenvalue weighted by atomic mass is 16.4. The Kier molecular flexibility index (Phi) is 4.74. The number of oxazole rings is 1. The van der Waals surface area contributed by atoms with Gasteiger partial charge < -0.3 is 14.2 Å². The fourth-order valence-corrected chi connectivity index (χ4v) is 4.71. The molecule has 0 radical (unpaired) electrons. The Morgan fingerprint density at radius 3 is 2.52 bits per heavy atom. The molecule has 0 saturated carbocycles. The van der Waals surface area contributed by atoms with Gasteiger partial charge in [-0.3, -0.25) is 4.79 Å². The summed E-state index contributed by atoms with van der Waals surface area (Å²) in [7, 11) is 0. The van der Waals surface area contributed by atoms with Gasteiger partial charge in [0.15, 0.2) is 5.58 Å². The number of para-hydroxylation sites is 2. The van der Waals surface area contributed by atoms with Crippen LogP contribution < -0.4 is 4.90 Å². The number of aromatic nitrogens is 1. The molecule has 2 aliphatic heterocycles. The topological polar surface area (TPSA) is 49.6 Å². The number of aryl methyl sites for hydroxylation is 1. The van der Waals surface area contributed by atoms with Crippen molar-refractivity contribution in [3.63, 3.8) is 0 Å². The van der Waals surface area contributed by atoms with Crippen LogP contribution in [0.25, 0.3) is 11.1 Å².